The molecule has 1 aromatic heterocycles. The fraction of sp³-hybridized carbons (Fsp3) is 0.500. The summed E-state index contributed by atoms with van der Waals surface area (Å²) in [5.41, 5.74) is 6.08. The smallest absolute Gasteiger partial charge is 0.273 e. The standard InChI is InChI=1S/C8H13FN4O/c1-12(2)8(14)7-6(10)5-11-13(7)4-3-9/h5H,3-4,10H2,1-2H3. The van der Waals surface area contributed by atoms with E-state index in [-0.39, 0.29) is 23.8 Å². The van der Waals surface area contributed by atoms with Gasteiger partial charge in [0.1, 0.15) is 12.4 Å². The van der Waals surface area contributed by atoms with Crippen molar-refractivity contribution in [2.75, 3.05) is 26.5 Å². The van der Waals surface area contributed by atoms with E-state index < -0.39 is 6.67 Å². The van der Waals surface area contributed by atoms with Gasteiger partial charge in [0, 0.05) is 14.1 Å². The molecule has 0 aliphatic rings. The van der Waals surface area contributed by atoms with Crippen molar-refractivity contribution in [1.82, 2.24) is 14.7 Å². The summed E-state index contributed by atoms with van der Waals surface area (Å²) in [5.74, 6) is -0.270. The highest BCUT2D eigenvalue weighted by molar-refractivity contribution is 5.97. The van der Waals surface area contributed by atoms with Crippen LogP contribution in [-0.4, -0.2) is 41.4 Å². The first-order valence-electron chi connectivity index (χ1n) is 4.16. The number of carbonyl (C=O) groups is 1. The third-order valence-electron chi connectivity index (χ3n) is 1.77. The van der Waals surface area contributed by atoms with Crippen molar-refractivity contribution in [2.24, 2.45) is 0 Å². The van der Waals surface area contributed by atoms with Crippen LogP contribution >= 0.6 is 0 Å². The number of amides is 1. The Morgan fingerprint density at radius 1 is 1.71 bits per heavy atom. The molecule has 0 aliphatic heterocycles. The molecule has 1 aromatic rings. The Bertz CT molecular complexity index is 334. The van der Waals surface area contributed by atoms with E-state index in [2.05, 4.69) is 5.10 Å². The molecule has 78 valence electrons. The Morgan fingerprint density at radius 3 is 2.86 bits per heavy atom. The number of hydrogen-bond donors (Lipinski definition) is 1. The molecule has 0 aromatic carbocycles. The molecule has 2 N–H and O–H groups in total. The first-order valence-corrected chi connectivity index (χ1v) is 4.16. The summed E-state index contributed by atoms with van der Waals surface area (Å²) < 4.78 is 13.4. The Balaban J connectivity index is 3.04. The maximum atomic E-state index is 12.1. The molecule has 0 spiro atoms. The maximum absolute atomic E-state index is 12.1. The second-order valence-corrected chi connectivity index (χ2v) is 3.06. The normalized spacial score (nSPS) is 10.2. The summed E-state index contributed by atoms with van der Waals surface area (Å²) in [6.07, 6.45) is 1.35. The number of anilines is 1. The molecule has 0 saturated carbocycles. The van der Waals surface area contributed by atoms with Crippen LogP contribution in [0.3, 0.4) is 0 Å². The molecule has 1 amide bonds. The van der Waals surface area contributed by atoms with Gasteiger partial charge in [-0.15, -0.1) is 0 Å². The van der Waals surface area contributed by atoms with Crippen LogP contribution in [0, 0.1) is 0 Å². The monoisotopic (exact) mass is 200 g/mol. The van der Waals surface area contributed by atoms with Crippen LogP contribution in [0.25, 0.3) is 0 Å². The Labute approximate surface area is 81.3 Å². The third-order valence-corrected chi connectivity index (χ3v) is 1.77. The van der Waals surface area contributed by atoms with Crippen molar-refractivity contribution in [3.63, 3.8) is 0 Å². The van der Waals surface area contributed by atoms with Crippen molar-refractivity contribution in [1.29, 1.82) is 0 Å². The number of nitrogens with zero attached hydrogens (tertiary/aromatic N) is 3. The first-order chi connectivity index (χ1) is 6.57. The second kappa shape index (κ2) is 4.08. The Hall–Kier alpha value is -1.59. The van der Waals surface area contributed by atoms with Gasteiger partial charge in [-0.1, -0.05) is 0 Å². The minimum absolute atomic E-state index is 0.0477. The van der Waals surface area contributed by atoms with Crippen LogP contribution in [0.15, 0.2) is 6.20 Å². The zero-order valence-corrected chi connectivity index (χ0v) is 8.20. The topological polar surface area (TPSA) is 64.2 Å². The molecule has 0 unspecified atom stereocenters. The lowest BCUT2D eigenvalue weighted by molar-refractivity contribution is 0.0816. The van der Waals surface area contributed by atoms with Crippen LogP contribution < -0.4 is 5.73 Å². The van der Waals surface area contributed by atoms with E-state index in [0.29, 0.717) is 0 Å². The molecule has 1 rings (SSSR count). The average molecular weight is 200 g/mol. The molecule has 5 nitrogen and oxygen atoms in total. The van der Waals surface area contributed by atoms with Crippen LogP contribution in [0.4, 0.5) is 10.1 Å². The van der Waals surface area contributed by atoms with E-state index in [1.807, 2.05) is 0 Å². The zero-order valence-electron chi connectivity index (χ0n) is 8.20. The summed E-state index contributed by atoms with van der Waals surface area (Å²) in [4.78, 5) is 13.0. The predicted octanol–water partition coefficient (Wildman–Crippen LogP) is 0.137. The maximum Gasteiger partial charge on any atom is 0.273 e. The number of alkyl halides is 1. The van der Waals surface area contributed by atoms with Gasteiger partial charge in [-0.2, -0.15) is 5.10 Å². The van der Waals surface area contributed by atoms with Crippen molar-refractivity contribution < 1.29 is 9.18 Å². The van der Waals surface area contributed by atoms with E-state index in [0.717, 1.165) is 0 Å². The van der Waals surface area contributed by atoms with E-state index >= 15 is 0 Å². The SMILES string of the molecule is CN(C)C(=O)c1c(N)cnn1CCF. The summed E-state index contributed by atoms with van der Waals surface area (Å²) >= 11 is 0. The molecule has 0 aliphatic carbocycles. The van der Waals surface area contributed by atoms with Gasteiger partial charge in [-0.3, -0.25) is 9.48 Å². The second-order valence-electron chi connectivity index (χ2n) is 3.06. The summed E-state index contributed by atoms with van der Waals surface area (Å²) in [6, 6.07) is 0. The Kier molecular flexibility index (Phi) is 3.06. The molecular weight excluding hydrogens is 187 g/mol. The number of carbonyl (C=O) groups excluding carboxylic acids is 1. The van der Waals surface area contributed by atoms with E-state index in [1.165, 1.54) is 15.8 Å². The van der Waals surface area contributed by atoms with Gasteiger partial charge in [0.15, 0.2) is 0 Å². The van der Waals surface area contributed by atoms with Gasteiger partial charge in [0.2, 0.25) is 0 Å². The fourth-order valence-electron chi connectivity index (χ4n) is 1.10. The van der Waals surface area contributed by atoms with Crippen LogP contribution in [0.1, 0.15) is 10.5 Å². The minimum atomic E-state index is -0.575. The third kappa shape index (κ3) is 1.84. The summed E-state index contributed by atoms with van der Waals surface area (Å²) in [6.45, 7) is -0.527. The van der Waals surface area contributed by atoms with E-state index in [4.69, 9.17) is 5.73 Å². The van der Waals surface area contributed by atoms with Crippen LogP contribution in [0.2, 0.25) is 0 Å². The van der Waals surface area contributed by atoms with Crippen molar-refractivity contribution in [2.45, 2.75) is 6.54 Å². The zero-order chi connectivity index (χ0) is 10.7. The average Bonchev–Trinajstić information content (AvgIpc) is 2.47. The molecule has 0 atom stereocenters. The number of aromatic nitrogens is 2. The quantitative estimate of drug-likeness (QED) is 0.754. The molecule has 6 heteroatoms. The Morgan fingerprint density at radius 2 is 2.36 bits per heavy atom. The molecule has 0 radical (unpaired) electrons. The molecule has 0 bridgehead atoms. The first kappa shape index (κ1) is 10.5. The van der Waals surface area contributed by atoms with Gasteiger partial charge in [-0.25, -0.2) is 4.39 Å². The molecule has 14 heavy (non-hydrogen) atoms. The predicted molar refractivity (Wildman–Crippen MR) is 50.6 cm³/mol. The molecule has 0 saturated heterocycles. The highest BCUT2D eigenvalue weighted by atomic mass is 19.1. The highest BCUT2D eigenvalue weighted by Crippen LogP contribution is 2.12. The minimum Gasteiger partial charge on any atom is -0.396 e. The number of aryl methyl sites for hydroxylation is 1. The van der Waals surface area contributed by atoms with Crippen LogP contribution in [0.5, 0.6) is 0 Å². The molecule has 0 fully saturated rings. The van der Waals surface area contributed by atoms with E-state index in [9.17, 15) is 9.18 Å². The number of halogens is 1. The number of nitrogen functional groups attached to an aromatic ring is 1. The molecular formula is C8H13FN4O. The van der Waals surface area contributed by atoms with Gasteiger partial charge in [-0.05, 0) is 0 Å². The lowest BCUT2D eigenvalue weighted by atomic mass is 10.3. The van der Waals surface area contributed by atoms with Gasteiger partial charge < -0.3 is 10.6 Å². The van der Waals surface area contributed by atoms with Gasteiger partial charge >= 0.3 is 0 Å². The largest absolute Gasteiger partial charge is 0.396 e. The van der Waals surface area contributed by atoms with Crippen molar-refractivity contribution >= 4 is 11.6 Å². The van der Waals surface area contributed by atoms with E-state index in [1.54, 1.807) is 14.1 Å². The molecule has 1 heterocycles. The summed E-state index contributed by atoms with van der Waals surface area (Å²) in [5, 5.41) is 3.81. The number of rotatable bonds is 3. The van der Waals surface area contributed by atoms with Gasteiger partial charge in [0.25, 0.3) is 5.91 Å². The van der Waals surface area contributed by atoms with Gasteiger partial charge in [0.05, 0.1) is 18.4 Å². The number of nitrogens with two attached hydrogens (primary N) is 1. The fourth-order valence-corrected chi connectivity index (χ4v) is 1.10. The number of hydrogen-bond acceptors (Lipinski definition) is 3. The lowest BCUT2D eigenvalue weighted by Crippen LogP contribution is -2.26. The van der Waals surface area contributed by atoms with Crippen molar-refractivity contribution in [3.8, 4) is 0 Å². The van der Waals surface area contributed by atoms with Crippen molar-refractivity contribution in [3.05, 3.63) is 11.9 Å². The summed E-state index contributed by atoms with van der Waals surface area (Å²) in [7, 11) is 3.21. The highest BCUT2D eigenvalue weighted by Gasteiger charge is 2.17. The lowest BCUT2D eigenvalue weighted by Gasteiger charge is -2.11. The van der Waals surface area contributed by atoms with Crippen LogP contribution in [-0.2, 0) is 6.54 Å².